The zero-order valence-electron chi connectivity index (χ0n) is 13.4. The fraction of sp³-hybridized carbons (Fsp3) is 0.222. The largest absolute Gasteiger partial charge is 0.494 e. The molecule has 0 bridgehead atoms. The number of methoxy groups -OCH3 is 1. The Kier molecular flexibility index (Phi) is 5.16. The van der Waals surface area contributed by atoms with Crippen LogP contribution < -0.4 is 15.4 Å². The summed E-state index contributed by atoms with van der Waals surface area (Å²) in [7, 11) is 1.45. The van der Waals surface area contributed by atoms with Crippen molar-refractivity contribution in [3.63, 3.8) is 0 Å². The Morgan fingerprint density at radius 2 is 1.72 bits per heavy atom. The Morgan fingerprint density at radius 3 is 2.32 bits per heavy atom. The van der Waals surface area contributed by atoms with Crippen LogP contribution in [0.15, 0.2) is 36.4 Å². The van der Waals surface area contributed by atoms with Crippen LogP contribution in [0.4, 0.5) is 5.69 Å². The zero-order chi connectivity index (χ0) is 18.0. The number of hydrogen-bond donors (Lipinski definition) is 2. The molecule has 0 unspecified atom stereocenters. The molecule has 0 spiro atoms. The number of halogens is 2. The second-order valence-electron chi connectivity index (χ2n) is 5.76. The van der Waals surface area contributed by atoms with Crippen LogP contribution in [0.25, 0.3) is 0 Å². The summed E-state index contributed by atoms with van der Waals surface area (Å²) in [6.07, 6.45) is 2.03. The molecular formula is C18H16Cl2N2O3. The highest BCUT2D eigenvalue weighted by molar-refractivity contribution is 6.37. The Balaban J connectivity index is 1.75. The first kappa shape index (κ1) is 17.6. The lowest BCUT2D eigenvalue weighted by molar-refractivity contribution is 0.0949. The van der Waals surface area contributed by atoms with E-state index in [0.717, 1.165) is 12.8 Å². The molecule has 1 saturated carbocycles. The van der Waals surface area contributed by atoms with E-state index in [1.807, 2.05) is 0 Å². The van der Waals surface area contributed by atoms with Gasteiger partial charge in [-0.3, -0.25) is 9.59 Å². The summed E-state index contributed by atoms with van der Waals surface area (Å²) in [6.45, 7) is 0. The average molecular weight is 379 g/mol. The summed E-state index contributed by atoms with van der Waals surface area (Å²) in [5.74, 6) is -0.209. The van der Waals surface area contributed by atoms with Gasteiger partial charge in [0.15, 0.2) is 5.75 Å². The normalized spacial score (nSPS) is 13.2. The third-order valence-corrected chi connectivity index (χ3v) is 4.32. The maximum Gasteiger partial charge on any atom is 0.255 e. The number of benzene rings is 2. The van der Waals surface area contributed by atoms with E-state index in [2.05, 4.69) is 10.6 Å². The highest BCUT2D eigenvalue weighted by atomic mass is 35.5. The van der Waals surface area contributed by atoms with E-state index in [0.29, 0.717) is 22.6 Å². The number of ether oxygens (including phenoxy) is 1. The van der Waals surface area contributed by atoms with Gasteiger partial charge in [0.05, 0.1) is 17.2 Å². The average Bonchev–Trinajstić information content (AvgIpc) is 3.38. The lowest BCUT2D eigenvalue weighted by Crippen LogP contribution is -2.25. The minimum atomic E-state index is -0.383. The van der Waals surface area contributed by atoms with Gasteiger partial charge in [0.25, 0.3) is 11.8 Å². The van der Waals surface area contributed by atoms with Gasteiger partial charge in [0, 0.05) is 22.9 Å². The summed E-state index contributed by atoms with van der Waals surface area (Å²) in [4.78, 5) is 24.5. The van der Waals surface area contributed by atoms with Crippen molar-refractivity contribution in [2.45, 2.75) is 18.9 Å². The van der Waals surface area contributed by atoms with Crippen molar-refractivity contribution in [1.82, 2.24) is 5.32 Å². The van der Waals surface area contributed by atoms with Crippen molar-refractivity contribution in [2.24, 2.45) is 0 Å². The predicted molar refractivity (Wildman–Crippen MR) is 97.9 cm³/mol. The molecule has 130 valence electrons. The third-order valence-electron chi connectivity index (χ3n) is 3.76. The van der Waals surface area contributed by atoms with Gasteiger partial charge in [0.1, 0.15) is 0 Å². The first-order chi connectivity index (χ1) is 12.0. The summed E-state index contributed by atoms with van der Waals surface area (Å²) < 4.78 is 5.07. The van der Waals surface area contributed by atoms with Crippen molar-refractivity contribution in [3.8, 4) is 5.75 Å². The van der Waals surface area contributed by atoms with Crippen LogP contribution in [-0.2, 0) is 0 Å². The molecule has 2 N–H and O–H groups in total. The third kappa shape index (κ3) is 4.24. The molecule has 0 atom stereocenters. The lowest BCUT2D eigenvalue weighted by Gasteiger charge is -2.10. The Hall–Kier alpha value is -2.24. The molecule has 7 heteroatoms. The van der Waals surface area contributed by atoms with Crippen molar-refractivity contribution in [2.75, 3.05) is 12.4 Å². The molecule has 25 heavy (non-hydrogen) atoms. The van der Waals surface area contributed by atoms with Crippen LogP contribution in [0.1, 0.15) is 33.6 Å². The van der Waals surface area contributed by atoms with Gasteiger partial charge >= 0.3 is 0 Å². The molecule has 2 aromatic carbocycles. The molecule has 1 aliphatic rings. The predicted octanol–water partition coefficient (Wildman–Crippen LogP) is 4.15. The fourth-order valence-corrected chi connectivity index (χ4v) is 2.97. The highest BCUT2D eigenvalue weighted by Gasteiger charge is 2.24. The fourth-order valence-electron chi connectivity index (χ4n) is 2.32. The molecule has 0 aliphatic heterocycles. The second kappa shape index (κ2) is 7.33. The molecule has 0 saturated heterocycles. The van der Waals surface area contributed by atoms with Crippen LogP contribution >= 0.6 is 23.2 Å². The summed E-state index contributed by atoms with van der Waals surface area (Å²) in [5, 5.41) is 6.14. The SMILES string of the molecule is COc1c(Cl)cc(C(=O)Nc2cccc(C(=O)NC3CC3)c2)cc1Cl. The molecule has 1 aliphatic carbocycles. The van der Waals surface area contributed by atoms with Gasteiger partial charge in [-0.15, -0.1) is 0 Å². The topological polar surface area (TPSA) is 67.4 Å². The zero-order valence-corrected chi connectivity index (χ0v) is 14.9. The van der Waals surface area contributed by atoms with E-state index < -0.39 is 0 Å². The minimum Gasteiger partial charge on any atom is -0.494 e. The number of nitrogens with one attached hydrogen (secondary N) is 2. The first-order valence-corrected chi connectivity index (χ1v) is 8.49. The van der Waals surface area contributed by atoms with Crippen molar-refractivity contribution < 1.29 is 14.3 Å². The van der Waals surface area contributed by atoms with Crippen LogP contribution in [-0.4, -0.2) is 25.0 Å². The Labute approximate surface area is 155 Å². The molecule has 0 heterocycles. The lowest BCUT2D eigenvalue weighted by atomic mass is 10.1. The molecule has 1 fully saturated rings. The van der Waals surface area contributed by atoms with Gasteiger partial charge < -0.3 is 15.4 Å². The van der Waals surface area contributed by atoms with Crippen molar-refractivity contribution in [1.29, 1.82) is 0 Å². The molecule has 2 aromatic rings. The van der Waals surface area contributed by atoms with Crippen LogP contribution in [0.3, 0.4) is 0 Å². The van der Waals surface area contributed by atoms with Gasteiger partial charge in [0.2, 0.25) is 0 Å². The van der Waals surface area contributed by atoms with E-state index >= 15 is 0 Å². The van der Waals surface area contributed by atoms with E-state index in [4.69, 9.17) is 27.9 Å². The van der Waals surface area contributed by atoms with E-state index in [1.165, 1.54) is 19.2 Å². The molecule has 3 rings (SSSR count). The van der Waals surface area contributed by atoms with E-state index in [-0.39, 0.29) is 27.9 Å². The molecule has 5 nitrogen and oxygen atoms in total. The van der Waals surface area contributed by atoms with Gasteiger partial charge in [-0.1, -0.05) is 29.3 Å². The Bertz CT molecular complexity index is 812. The van der Waals surface area contributed by atoms with Gasteiger partial charge in [-0.25, -0.2) is 0 Å². The maximum absolute atomic E-state index is 12.4. The smallest absolute Gasteiger partial charge is 0.255 e. The van der Waals surface area contributed by atoms with E-state index in [9.17, 15) is 9.59 Å². The van der Waals surface area contributed by atoms with E-state index in [1.54, 1.807) is 24.3 Å². The number of carbonyl (C=O) groups excluding carboxylic acids is 2. The molecule has 0 radical (unpaired) electrons. The first-order valence-electron chi connectivity index (χ1n) is 7.73. The minimum absolute atomic E-state index is 0.144. The van der Waals surface area contributed by atoms with Gasteiger partial charge in [-0.2, -0.15) is 0 Å². The number of amides is 2. The van der Waals surface area contributed by atoms with Crippen LogP contribution in [0.5, 0.6) is 5.75 Å². The quantitative estimate of drug-likeness (QED) is 0.820. The molecule has 0 aromatic heterocycles. The monoisotopic (exact) mass is 378 g/mol. The summed E-state index contributed by atoms with van der Waals surface area (Å²) in [5.41, 5.74) is 1.30. The van der Waals surface area contributed by atoms with Crippen molar-refractivity contribution in [3.05, 3.63) is 57.6 Å². The number of rotatable bonds is 5. The molecule has 2 amide bonds. The highest BCUT2D eigenvalue weighted by Crippen LogP contribution is 2.34. The van der Waals surface area contributed by atoms with Crippen LogP contribution in [0.2, 0.25) is 10.0 Å². The van der Waals surface area contributed by atoms with Crippen LogP contribution in [0, 0.1) is 0 Å². The van der Waals surface area contributed by atoms with Crippen molar-refractivity contribution >= 4 is 40.7 Å². The maximum atomic E-state index is 12.4. The number of carbonyl (C=O) groups is 2. The number of anilines is 1. The Morgan fingerprint density at radius 1 is 1.04 bits per heavy atom. The molecular weight excluding hydrogens is 363 g/mol. The standard InChI is InChI=1S/C18H16Cl2N2O3/c1-25-16-14(19)8-11(9-15(16)20)18(24)22-13-4-2-3-10(7-13)17(23)21-12-5-6-12/h2-4,7-9,12H,5-6H2,1H3,(H,21,23)(H,22,24). The number of hydrogen-bond acceptors (Lipinski definition) is 3. The van der Waals surface area contributed by atoms with Gasteiger partial charge in [-0.05, 0) is 43.2 Å². The summed E-state index contributed by atoms with van der Waals surface area (Å²) >= 11 is 12.1. The summed E-state index contributed by atoms with van der Waals surface area (Å²) in [6, 6.07) is 9.98. The second-order valence-corrected chi connectivity index (χ2v) is 6.57.